The predicted octanol–water partition coefficient (Wildman–Crippen LogP) is 6.35. The molecule has 0 aliphatic heterocycles. The number of halogens is 1. The van der Waals surface area contributed by atoms with E-state index in [4.69, 9.17) is 0 Å². The Balaban J connectivity index is 1.37. The molecule has 0 unspecified atom stereocenters. The fraction of sp³-hybridized carbons (Fsp3) is 0.222. The molecule has 1 aliphatic rings. The number of rotatable bonds is 7. The van der Waals surface area contributed by atoms with Crippen molar-refractivity contribution in [2.24, 2.45) is 5.41 Å². The van der Waals surface area contributed by atoms with Crippen molar-refractivity contribution in [3.8, 4) is 11.1 Å². The summed E-state index contributed by atoms with van der Waals surface area (Å²) in [4.78, 5) is 36.6. The average Bonchev–Trinajstić information content (AvgIpc) is 3.31. The molecular formula is C27H25FN2O4. The summed E-state index contributed by atoms with van der Waals surface area (Å²) in [6.45, 7) is 0. The maximum absolute atomic E-state index is 13.0. The first-order valence-electron chi connectivity index (χ1n) is 11.2. The number of hydrogen-bond donors (Lipinski definition) is 3. The maximum atomic E-state index is 13.0. The van der Waals surface area contributed by atoms with Gasteiger partial charge in [-0.15, -0.1) is 0 Å². The molecule has 1 fully saturated rings. The molecule has 4 rings (SSSR count). The number of aliphatic carboxylic acids is 1. The fourth-order valence-corrected chi connectivity index (χ4v) is 4.35. The van der Waals surface area contributed by atoms with Gasteiger partial charge in [-0.05, 0) is 60.4 Å². The summed E-state index contributed by atoms with van der Waals surface area (Å²) in [7, 11) is 0. The number of benzene rings is 3. The number of Topliss-reactive ketones (excluding diaryl/α,β-unsaturated/α-hetero) is 1. The molecule has 7 heteroatoms. The van der Waals surface area contributed by atoms with Crippen LogP contribution in [0.3, 0.4) is 0 Å². The van der Waals surface area contributed by atoms with E-state index in [1.165, 1.54) is 24.3 Å². The van der Waals surface area contributed by atoms with Crippen LogP contribution < -0.4 is 10.6 Å². The highest BCUT2D eigenvalue weighted by Gasteiger charge is 2.42. The van der Waals surface area contributed by atoms with Crippen LogP contribution in [-0.2, 0) is 4.79 Å². The van der Waals surface area contributed by atoms with Crippen molar-refractivity contribution < 1.29 is 23.9 Å². The quantitative estimate of drug-likeness (QED) is 0.358. The lowest BCUT2D eigenvalue weighted by molar-refractivity contribution is -0.148. The van der Waals surface area contributed by atoms with Gasteiger partial charge in [-0.2, -0.15) is 0 Å². The zero-order valence-electron chi connectivity index (χ0n) is 18.5. The Morgan fingerprint density at radius 3 is 1.74 bits per heavy atom. The molecule has 1 saturated carbocycles. The normalized spacial score (nSPS) is 14.4. The first-order chi connectivity index (χ1) is 16.3. The van der Waals surface area contributed by atoms with E-state index >= 15 is 0 Å². The molecule has 174 valence electrons. The number of urea groups is 1. The van der Waals surface area contributed by atoms with E-state index in [0.29, 0.717) is 29.8 Å². The maximum Gasteiger partial charge on any atom is 0.323 e. The van der Waals surface area contributed by atoms with E-state index in [9.17, 15) is 23.9 Å². The zero-order valence-corrected chi connectivity index (χ0v) is 18.5. The molecule has 3 N–H and O–H groups in total. The van der Waals surface area contributed by atoms with Crippen LogP contribution in [-0.4, -0.2) is 22.9 Å². The molecular weight excluding hydrogens is 435 g/mol. The summed E-state index contributed by atoms with van der Waals surface area (Å²) in [5, 5.41) is 15.0. The van der Waals surface area contributed by atoms with Gasteiger partial charge < -0.3 is 15.7 Å². The molecule has 0 heterocycles. The molecule has 1 aliphatic carbocycles. The Morgan fingerprint density at radius 1 is 0.765 bits per heavy atom. The third-order valence-electron chi connectivity index (χ3n) is 6.30. The Labute approximate surface area is 196 Å². The van der Waals surface area contributed by atoms with E-state index < -0.39 is 17.4 Å². The summed E-state index contributed by atoms with van der Waals surface area (Å²) in [5.41, 5.74) is 2.45. The van der Waals surface area contributed by atoms with Crippen molar-refractivity contribution in [3.05, 3.63) is 84.2 Å². The standard InChI is InChI=1S/C27H25FN2O4/c28-21-9-13-23(14-10-21)30-26(34)29-22-11-7-19(8-12-22)18-3-5-20(6-4-18)24(31)17-27(25(32)33)15-1-2-16-27/h3-14H,1-2,15-17H2,(H,32,33)(H2,29,30,34). The first kappa shape index (κ1) is 23.2. The minimum atomic E-state index is -0.929. The second-order valence-electron chi connectivity index (χ2n) is 8.63. The second kappa shape index (κ2) is 9.87. The summed E-state index contributed by atoms with van der Waals surface area (Å²) in [5.74, 6) is -1.41. The van der Waals surface area contributed by atoms with Crippen LogP contribution in [0, 0.1) is 11.2 Å². The van der Waals surface area contributed by atoms with Crippen LogP contribution in [0.15, 0.2) is 72.8 Å². The average molecular weight is 461 g/mol. The number of nitrogens with one attached hydrogen (secondary N) is 2. The number of carbonyl (C=O) groups is 3. The second-order valence-corrected chi connectivity index (χ2v) is 8.63. The molecule has 3 aromatic carbocycles. The van der Waals surface area contributed by atoms with Crippen LogP contribution in [0.1, 0.15) is 42.5 Å². The predicted molar refractivity (Wildman–Crippen MR) is 128 cm³/mol. The first-order valence-corrected chi connectivity index (χ1v) is 11.2. The monoisotopic (exact) mass is 460 g/mol. The van der Waals surface area contributed by atoms with Gasteiger partial charge in [0.15, 0.2) is 5.78 Å². The summed E-state index contributed by atoms with van der Waals surface area (Å²) >= 11 is 0. The van der Waals surface area contributed by atoms with Gasteiger partial charge in [0.05, 0.1) is 5.41 Å². The van der Waals surface area contributed by atoms with Gasteiger partial charge >= 0.3 is 12.0 Å². The number of carboxylic acid groups (broad SMARTS) is 1. The van der Waals surface area contributed by atoms with E-state index in [0.717, 1.165) is 24.0 Å². The van der Waals surface area contributed by atoms with Gasteiger partial charge in [0, 0.05) is 23.4 Å². The minimum absolute atomic E-state index is 0.0298. The van der Waals surface area contributed by atoms with Crippen molar-refractivity contribution in [1.29, 1.82) is 0 Å². The third-order valence-corrected chi connectivity index (χ3v) is 6.30. The molecule has 0 aromatic heterocycles. The lowest BCUT2D eigenvalue weighted by Crippen LogP contribution is -2.30. The number of ketones is 1. The molecule has 2 amide bonds. The van der Waals surface area contributed by atoms with Gasteiger partial charge in [-0.25, -0.2) is 9.18 Å². The zero-order chi connectivity index (χ0) is 24.1. The highest BCUT2D eigenvalue weighted by atomic mass is 19.1. The van der Waals surface area contributed by atoms with Crippen molar-refractivity contribution in [3.63, 3.8) is 0 Å². The van der Waals surface area contributed by atoms with Crippen LogP contribution in [0.2, 0.25) is 0 Å². The minimum Gasteiger partial charge on any atom is -0.481 e. The van der Waals surface area contributed by atoms with Gasteiger partial charge in [-0.1, -0.05) is 49.2 Å². The van der Waals surface area contributed by atoms with Crippen LogP contribution in [0.25, 0.3) is 11.1 Å². The molecule has 6 nitrogen and oxygen atoms in total. The number of hydrogen-bond acceptors (Lipinski definition) is 3. The van der Waals surface area contributed by atoms with Gasteiger partial charge in [0.2, 0.25) is 0 Å². The van der Waals surface area contributed by atoms with Crippen LogP contribution in [0.5, 0.6) is 0 Å². The number of carbonyl (C=O) groups excluding carboxylic acids is 2. The number of anilines is 2. The van der Waals surface area contributed by atoms with Crippen molar-refractivity contribution in [2.75, 3.05) is 10.6 Å². The molecule has 0 spiro atoms. The topological polar surface area (TPSA) is 95.5 Å². The van der Waals surface area contributed by atoms with Crippen molar-refractivity contribution in [2.45, 2.75) is 32.1 Å². The highest BCUT2D eigenvalue weighted by Crippen LogP contribution is 2.42. The SMILES string of the molecule is O=C(Nc1ccc(F)cc1)Nc1ccc(-c2ccc(C(=O)CC3(C(=O)O)CCCC3)cc2)cc1. The molecule has 34 heavy (non-hydrogen) atoms. The summed E-state index contributed by atoms with van der Waals surface area (Å²) in [6, 6.07) is 19.4. The van der Waals surface area contributed by atoms with E-state index in [1.54, 1.807) is 24.3 Å². The smallest absolute Gasteiger partial charge is 0.323 e. The number of amides is 2. The van der Waals surface area contributed by atoms with Crippen molar-refractivity contribution >= 4 is 29.2 Å². The summed E-state index contributed by atoms with van der Waals surface area (Å²) in [6.07, 6.45) is 2.82. The molecule has 0 atom stereocenters. The van der Waals surface area contributed by atoms with Gasteiger partial charge in [0.1, 0.15) is 5.82 Å². The lowest BCUT2D eigenvalue weighted by Gasteiger charge is -2.22. The Bertz CT molecular complexity index is 1180. The third kappa shape index (κ3) is 5.31. The van der Waals surface area contributed by atoms with Crippen LogP contribution in [0.4, 0.5) is 20.6 Å². The van der Waals surface area contributed by atoms with E-state index in [-0.39, 0.29) is 18.0 Å². The van der Waals surface area contributed by atoms with E-state index in [1.807, 2.05) is 24.3 Å². The van der Waals surface area contributed by atoms with Crippen molar-refractivity contribution in [1.82, 2.24) is 0 Å². The molecule has 3 aromatic rings. The number of carboxylic acids is 1. The van der Waals surface area contributed by atoms with Crippen LogP contribution >= 0.6 is 0 Å². The molecule has 0 radical (unpaired) electrons. The lowest BCUT2D eigenvalue weighted by atomic mass is 9.80. The summed E-state index contributed by atoms with van der Waals surface area (Å²) < 4.78 is 13.0. The largest absolute Gasteiger partial charge is 0.481 e. The molecule has 0 saturated heterocycles. The van der Waals surface area contributed by atoms with Gasteiger partial charge in [-0.3, -0.25) is 9.59 Å². The highest BCUT2D eigenvalue weighted by molar-refractivity contribution is 6.00. The Hall–Kier alpha value is -4.00. The van der Waals surface area contributed by atoms with E-state index in [2.05, 4.69) is 10.6 Å². The fourth-order valence-electron chi connectivity index (χ4n) is 4.35. The Morgan fingerprint density at radius 2 is 1.24 bits per heavy atom. The molecule has 0 bridgehead atoms. The Kier molecular flexibility index (Phi) is 6.72. The van der Waals surface area contributed by atoms with Gasteiger partial charge in [0.25, 0.3) is 0 Å².